The average molecular weight is 246 g/mol. The molecule has 0 radical (unpaired) electrons. The number of rotatable bonds is 4. The van der Waals surface area contributed by atoms with Gasteiger partial charge >= 0.3 is 5.97 Å². The van der Waals surface area contributed by atoms with Crippen LogP contribution in [0, 0.1) is 0 Å². The van der Waals surface area contributed by atoms with Crippen LogP contribution in [0.25, 0.3) is 0 Å². The Kier molecular flexibility index (Phi) is 4.33. The Balaban J connectivity index is 3.23. The molecule has 0 amide bonds. The third kappa shape index (κ3) is 2.88. The molecule has 0 saturated heterocycles. The smallest absolute Gasteiger partial charge is 0.340 e. The molecule has 0 aliphatic carbocycles. The Bertz CT molecular complexity index is 424. The van der Waals surface area contributed by atoms with Crippen molar-refractivity contribution < 1.29 is 23.4 Å². The lowest BCUT2D eigenvalue weighted by atomic mass is 10.1. The normalized spacial score (nSPS) is 10.6. The van der Waals surface area contributed by atoms with Gasteiger partial charge in [-0.1, -0.05) is 0 Å². The lowest BCUT2D eigenvalue weighted by molar-refractivity contribution is 0.0523. The minimum atomic E-state index is -2.93. The quantitative estimate of drug-likeness (QED) is 0.783. The van der Waals surface area contributed by atoms with Crippen molar-refractivity contribution in [2.45, 2.75) is 19.9 Å². The van der Waals surface area contributed by atoms with Gasteiger partial charge in [-0.25, -0.2) is 18.6 Å². The van der Waals surface area contributed by atoms with Crippen molar-refractivity contribution in [2.24, 2.45) is 5.73 Å². The topological polar surface area (TPSA) is 85.4 Å². The van der Waals surface area contributed by atoms with E-state index in [0.717, 1.165) is 6.07 Å². The molecule has 5 nitrogen and oxygen atoms in total. The number of ether oxygens (including phenoxy) is 1. The summed E-state index contributed by atoms with van der Waals surface area (Å²) in [6.45, 7) is 1.52. The Morgan fingerprint density at radius 1 is 1.65 bits per heavy atom. The zero-order valence-electron chi connectivity index (χ0n) is 9.11. The van der Waals surface area contributed by atoms with E-state index in [1.807, 2.05) is 0 Å². The first-order valence-corrected chi connectivity index (χ1v) is 4.89. The summed E-state index contributed by atoms with van der Waals surface area (Å²) in [7, 11) is 0. The van der Waals surface area contributed by atoms with E-state index in [1.54, 1.807) is 6.92 Å². The van der Waals surface area contributed by atoms with Crippen molar-refractivity contribution in [3.05, 3.63) is 23.0 Å². The molecule has 1 aromatic rings. The summed E-state index contributed by atoms with van der Waals surface area (Å²) in [5.74, 6) is -1.50. The van der Waals surface area contributed by atoms with Crippen molar-refractivity contribution in [1.29, 1.82) is 0 Å². The fourth-order valence-electron chi connectivity index (χ4n) is 1.26. The number of nitrogens with two attached hydrogens (primary N) is 1. The molecule has 1 rings (SSSR count). The molecule has 0 fully saturated rings. The molecular weight excluding hydrogens is 234 g/mol. The molecule has 3 N–H and O–H groups in total. The number of pyridine rings is 1. The van der Waals surface area contributed by atoms with Crippen molar-refractivity contribution in [1.82, 2.24) is 4.98 Å². The Morgan fingerprint density at radius 2 is 2.29 bits per heavy atom. The number of hydrogen-bond acceptors (Lipinski definition) is 5. The van der Waals surface area contributed by atoms with E-state index in [1.165, 1.54) is 0 Å². The van der Waals surface area contributed by atoms with E-state index in [4.69, 9.17) is 10.5 Å². The van der Waals surface area contributed by atoms with Gasteiger partial charge in [-0.2, -0.15) is 0 Å². The van der Waals surface area contributed by atoms with Gasteiger partial charge in [0.1, 0.15) is 11.4 Å². The highest BCUT2D eigenvalue weighted by Gasteiger charge is 2.21. The second-order valence-corrected chi connectivity index (χ2v) is 3.11. The summed E-state index contributed by atoms with van der Waals surface area (Å²) in [5.41, 5.74) is 4.38. The maximum Gasteiger partial charge on any atom is 0.340 e. The van der Waals surface area contributed by atoms with E-state index >= 15 is 0 Å². The van der Waals surface area contributed by atoms with E-state index in [2.05, 4.69) is 4.98 Å². The second kappa shape index (κ2) is 5.53. The van der Waals surface area contributed by atoms with Gasteiger partial charge < -0.3 is 15.6 Å². The van der Waals surface area contributed by atoms with Crippen molar-refractivity contribution in [2.75, 3.05) is 6.61 Å². The fourth-order valence-corrected chi connectivity index (χ4v) is 1.26. The molecule has 1 aromatic heterocycles. The van der Waals surface area contributed by atoms with Gasteiger partial charge in [0.15, 0.2) is 0 Å². The summed E-state index contributed by atoms with van der Waals surface area (Å²) in [6.07, 6.45) is -2.93. The number of esters is 1. The highest BCUT2D eigenvalue weighted by Crippen LogP contribution is 2.28. The third-order valence-electron chi connectivity index (χ3n) is 2.01. The van der Waals surface area contributed by atoms with Crippen molar-refractivity contribution >= 4 is 5.97 Å². The summed E-state index contributed by atoms with van der Waals surface area (Å²) < 4.78 is 29.6. The standard InChI is InChI=1S/C10H12F2N2O3/c1-2-17-10(16)5-3-7(15)8(9(11)12)14-6(5)4-13/h3,9,15H,2,4,13H2,1H3. The highest BCUT2D eigenvalue weighted by atomic mass is 19.3. The van der Waals surface area contributed by atoms with Crippen LogP contribution < -0.4 is 5.73 Å². The lowest BCUT2D eigenvalue weighted by Gasteiger charge is -2.10. The summed E-state index contributed by atoms with van der Waals surface area (Å²) in [4.78, 5) is 14.9. The van der Waals surface area contributed by atoms with Crippen molar-refractivity contribution in [3.8, 4) is 5.75 Å². The van der Waals surface area contributed by atoms with Crippen LogP contribution in [0.2, 0.25) is 0 Å². The third-order valence-corrected chi connectivity index (χ3v) is 2.01. The average Bonchev–Trinajstić information content (AvgIpc) is 2.28. The van der Waals surface area contributed by atoms with E-state index < -0.39 is 23.8 Å². The summed E-state index contributed by atoms with van der Waals surface area (Å²) >= 11 is 0. The molecule has 0 aliphatic rings. The maximum atomic E-state index is 12.4. The molecule has 17 heavy (non-hydrogen) atoms. The largest absolute Gasteiger partial charge is 0.506 e. The summed E-state index contributed by atoms with van der Waals surface area (Å²) in [5, 5.41) is 9.31. The minimum Gasteiger partial charge on any atom is -0.506 e. The van der Waals surface area contributed by atoms with Crippen LogP contribution >= 0.6 is 0 Å². The molecule has 7 heteroatoms. The molecule has 0 atom stereocenters. The lowest BCUT2D eigenvalue weighted by Crippen LogP contribution is -2.14. The number of halogens is 2. The van der Waals surface area contributed by atoms with Gasteiger partial charge in [0.25, 0.3) is 6.43 Å². The number of alkyl halides is 2. The molecule has 0 saturated carbocycles. The Morgan fingerprint density at radius 3 is 2.76 bits per heavy atom. The molecular formula is C10H12F2N2O3. The number of carbonyl (C=O) groups excluding carboxylic acids is 1. The van der Waals surface area contributed by atoms with Crippen LogP contribution in [0.4, 0.5) is 8.78 Å². The number of aromatic hydroxyl groups is 1. The monoisotopic (exact) mass is 246 g/mol. The number of hydrogen-bond donors (Lipinski definition) is 2. The van der Waals surface area contributed by atoms with Crippen LogP contribution in [0.1, 0.15) is 35.1 Å². The fraction of sp³-hybridized carbons (Fsp3) is 0.400. The second-order valence-electron chi connectivity index (χ2n) is 3.11. The predicted octanol–water partition coefficient (Wildman–Crippen LogP) is 1.36. The maximum absolute atomic E-state index is 12.4. The van der Waals surface area contributed by atoms with E-state index in [0.29, 0.717) is 0 Å². The first kappa shape index (κ1) is 13.3. The Labute approximate surface area is 96.2 Å². The van der Waals surface area contributed by atoms with Crippen LogP contribution in [-0.2, 0) is 11.3 Å². The first-order valence-electron chi connectivity index (χ1n) is 4.89. The molecule has 1 heterocycles. The van der Waals surface area contributed by atoms with E-state index in [-0.39, 0.29) is 24.4 Å². The molecule has 0 unspecified atom stereocenters. The Hall–Kier alpha value is -1.76. The number of aromatic nitrogens is 1. The molecule has 0 aliphatic heterocycles. The summed E-state index contributed by atoms with van der Waals surface area (Å²) in [6, 6.07) is 0.897. The van der Waals surface area contributed by atoms with E-state index in [9.17, 15) is 18.7 Å². The zero-order valence-corrected chi connectivity index (χ0v) is 9.11. The van der Waals surface area contributed by atoms with Crippen LogP contribution in [0.3, 0.4) is 0 Å². The van der Waals surface area contributed by atoms with Gasteiger partial charge in [-0.15, -0.1) is 0 Å². The SMILES string of the molecule is CCOC(=O)c1cc(O)c(C(F)F)nc1CN. The van der Waals surface area contributed by atoms with Crippen LogP contribution in [0.5, 0.6) is 5.75 Å². The molecule has 0 aromatic carbocycles. The van der Waals surface area contributed by atoms with Crippen LogP contribution in [0.15, 0.2) is 6.07 Å². The van der Waals surface area contributed by atoms with Gasteiger partial charge in [0.05, 0.1) is 17.9 Å². The predicted molar refractivity (Wildman–Crippen MR) is 54.7 cm³/mol. The van der Waals surface area contributed by atoms with Crippen molar-refractivity contribution in [3.63, 3.8) is 0 Å². The van der Waals surface area contributed by atoms with Gasteiger partial charge in [-0.3, -0.25) is 0 Å². The van der Waals surface area contributed by atoms with Crippen LogP contribution in [-0.4, -0.2) is 22.7 Å². The molecule has 94 valence electrons. The highest BCUT2D eigenvalue weighted by molar-refractivity contribution is 5.91. The molecule has 0 spiro atoms. The van der Waals surface area contributed by atoms with Gasteiger partial charge in [0.2, 0.25) is 0 Å². The molecule has 0 bridgehead atoms. The van der Waals surface area contributed by atoms with Gasteiger partial charge in [0, 0.05) is 6.54 Å². The van der Waals surface area contributed by atoms with Gasteiger partial charge in [-0.05, 0) is 13.0 Å². The first-order chi connectivity index (χ1) is 8.01. The zero-order chi connectivity index (χ0) is 13.0. The number of carbonyl (C=O) groups is 1. The number of nitrogens with zero attached hydrogens (tertiary/aromatic N) is 1. The minimum absolute atomic E-state index is 0.0310.